The van der Waals surface area contributed by atoms with Gasteiger partial charge in [-0.05, 0) is 42.7 Å². The van der Waals surface area contributed by atoms with Crippen molar-refractivity contribution in [2.24, 2.45) is 0 Å². The van der Waals surface area contributed by atoms with E-state index in [-0.39, 0.29) is 12.5 Å². The second kappa shape index (κ2) is 8.56. The van der Waals surface area contributed by atoms with Gasteiger partial charge in [-0.3, -0.25) is 4.79 Å². The Kier molecular flexibility index (Phi) is 6.44. The molecule has 2 aromatic carbocycles. The zero-order chi connectivity index (χ0) is 16.7. The van der Waals surface area contributed by atoms with Crippen LogP contribution in [-0.2, 0) is 17.8 Å². The molecule has 4 nitrogen and oxygen atoms in total. The average Bonchev–Trinajstić information content (AvgIpc) is 2.55. The zero-order valence-corrected chi connectivity index (χ0v) is 13.7. The topological polar surface area (TPSA) is 58.6 Å². The van der Waals surface area contributed by atoms with Crippen molar-refractivity contribution < 1.29 is 14.6 Å². The first kappa shape index (κ1) is 17.3. The lowest BCUT2D eigenvalue weighted by Gasteiger charge is -2.15. The van der Waals surface area contributed by atoms with Gasteiger partial charge < -0.3 is 15.2 Å². The lowest BCUT2D eigenvalue weighted by molar-refractivity contribution is -0.127. The van der Waals surface area contributed by atoms with Gasteiger partial charge in [0, 0.05) is 11.6 Å². The van der Waals surface area contributed by atoms with Gasteiger partial charge in [-0.2, -0.15) is 0 Å². The molecule has 0 aliphatic rings. The summed E-state index contributed by atoms with van der Waals surface area (Å²) >= 11 is 5.88. The predicted molar refractivity (Wildman–Crippen MR) is 90.6 cm³/mol. The number of hydrogen-bond donors (Lipinski definition) is 2. The monoisotopic (exact) mass is 333 g/mol. The molecule has 0 saturated heterocycles. The fourth-order valence-electron chi connectivity index (χ4n) is 2.08. The van der Waals surface area contributed by atoms with Gasteiger partial charge in [0.15, 0.2) is 6.10 Å². The summed E-state index contributed by atoms with van der Waals surface area (Å²) in [6.07, 6.45) is 0.131. The number of amides is 1. The summed E-state index contributed by atoms with van der Waals surface area (Å²) in [6, 6.07) is 14.6. The van der Waals surface area contributed by atoms with E-state index in [1.54, 1.807) is 31.2 Å². The largest absolute Gasteiger partial charge is 0.481 e. The number of carbonyl (C=O) groups is 1. The van der Waals surface area contributed by atoms with Crippen LogP contribution in [0.2, 0.25) is 5.02 Å². The Balaban J connectivity index is 1.77. The van der Waals surface area contributed by atoms with Gasteiger partial charge >= 0.3 is 0 Å². The summed E-state index contributed by atoms with van der Waals surface area (Å²) < 4.78 is 5.57. The van der Waals surface area contributed by atoms with E-state index in [2.05, 4.69) is 5.32 Å². The lowest BCUT2D eigenvalue weighted by Crippen LogP contribution is -2.37. The molecule has 0 bridgehead atoms. The van der Waals surface area contributed by atoms with Gasteiger partial charge in [-0.1, -0.05) is 41.9 Å². The summed E-state index contributed by atoms with van der Waals surface area (Å²) in [6.45, 7) is 2.27. The number of aliphatic hydroxyl groups is 1. The number of hydrogen-bond acceptors (Lipinski definition) is 3. The van der Waals surface area contributed by atoms with Gasteiger partial charge in [-0.25, -0.2) is 0 Å². The predicted octanol–water partition coefficient (Wildman–Crippen LogP) is 2.96. The van der Waals surface area contributed by atoms with Crippen LogP contribution in [0.3, 0.4) is 0 Å². The van der Waals surface area contributed by atoms with E-state index in [0.29, 0.717) is 17.3 Å². The molecule has 5 heteroatoms. The molecule has 0 aliphatic heterocycles. The highest BCUT2D eigenvalue weighted by Crippen LogP contribution is 2.18. The summed E-state index contributed by atoms with van der Waals surface area (Å²) in [4.78, 5) is 12.0. The SMILES string of the molecule is CC(Oc1cccc(Cl)c1)C(=O)NCCc1ccc(CO)cc1. The maximum absolute atomic E-state index is 12.0. The number of benzene rings is 2. The molecule has 2 N–H and O–H groups in total. The van der Waals surface area contributed by atoms with Crippen LogP contribution in [0.1, 0.15) is 18.1 Å². The van der Waals surface area contributed by atoms with Gasteiger partial charge in [0.05, 0.1) is 6.61 Å². The normalized spacial score (nSPS) is 11.8. The molecule has 2 rings (SSSR count). The minimum Gasteiger partial charge on any atom is -0.481 e. The molecule has 1 atom stereocenters. The number of aliphatic hydroxyl groups excluding tert-OH is 1. The van der Waals surface area contributed by atoms with Crippen molar-refractivity contribution in [2.45, 2.75) is 26.1 Å². The van der Waals surface area contributed by atoms with E-state index in [1.165, 1.54) is 0 Å². The quantitative estimate of drug-likeness (QED) is 0.819. The first-order valence-corrected chi connectivity index (χ1v) is 7.85. The fourth-order valence-corrected chi connectivity index (χ4v) is 2.26. The molecule has 1 unspecified atom stereocenters. The van der Waals surface area contributed by atoms with E-state index in [1.807, 2.05) is 24.3 Å². The van der Waals surface area contributed by atoms with E-state index in [0.717, 1.165) is 17.5 Å². The summed E-state index contributed by atoms with van der Waals surface area (Å²) in [5.74, 6) is 0.400. The minimum atomic E-state index is -0.592. The third-order valence-corrected chi connectivity index (χ3v) is 3.63. The van der Waals surface area contributed by atoms with Crippen LogP contribution in [0.15, 0.2) is 48.5 Å². The van der Waals surface area contributed by atoms with Crippen LogP contribution < -0.4 is 10.1 Å². The highest BCUT2D eigenvalue weighted by molar-refractivity contribution is 6.30. The molecule has 0 fully saturated rings. The van der Waals surface area contributed by atoms with Crippen molar-refractivity contribution in [3.63, 3.8) is 0 Å². The molecule has 0 saturated carbocycles. The number of ether oxygens (including phenoxy) is 1. The molecule has 122 valence electrons. The second-order valence-corrected chi connectivity index (χ2v) is 5.67. The molecule has 0 aliphatic carbocycles. The first-order chi connectivity index (χ1) is 11.1. The van der Waals surface area contributed by atoms with Crippen molar-refractivity contribution in [2.75, 3.05) is 6.54 Å². The molecule has 0 radical (unpaired) electrons. The highest BCUT2D eigenvalue weighted by Gasteiger charge is 2.14. The lowest BCUT2D eigenvalue weighted by atomic mass is 10.1. The van der Waals surface area contributed by atoms with E-state index in [9.17, 15) is 4.79 Å². The number of carbonyl (C=O) groups excluding carboxylic acids is 1. The van der Waals surface area contributed by atoms with E-state index >= 15 is 0 Å². The molecule has 0 aromatic heterocycles. The zero-order valence-electron chi connectivity index (χ0n) is 13.0. The molecule has 23 heavy (non-hydrogen) atoms. The Labute approximate surface area is 141 Å². The molecule has 0 heterocycles. The standard InChI is InChI=1S/C18H20ClNO3/c1-13(23-17-4-2-3-16(19)11-17)18(22)20-10-9-14-5-7-15(12-21)8-6-14/h2-8,11,13,21H,9-10,12H2,1H3,(H,20,22). The van der Waals surface area contributed by atoms with Crippen molar-refractivity contribution in [1.29, 1.82) is 0 Å². The van der Waals surface area contributed by atoms with Crippen LogP contribution in [0.25, 0.3) is 0 Å². The molecule has 1 amide bonds. The Morgan fingerprint density at radius 3 is 2.57 bits per heavy atom. The Morgan fingerprint density at radius 2 is 1.91 bits per heavy atom. The molecular weight excluding hydrogens is 314 g/mol. The van der Waals surface area contributed by atoms with Crippen molar-refractivity contribution in [3.8, 4) is 5.75 Å². The van der Waals surface area contributed by atoms with Gasteiger partial charge in [0.1, 0.15) is 5.75 Å². The Hall–Kier alpha value is -2.04. The molecule has 0 spiro atoms. The van der Waals surface area contributed by atoms with Crippen LogP contribution in [0, 0.1) is 0 Å². The van der Waals surface area contributed by atoms with Crippen molar-refractivity contribution in [1.82, 2.24) is 5.32 Å². The second-order valence-electron chi connectivity index (χ2n) is 5.23. The minimum absolute atomic E-state index is 0.0371. The molecular formula is C18H20ClNO3. The first-order valence-electron chi connectivity index (χ1n) is 7.47. The number of rotatable bonds is 7. The van der Waals surface area contributed by atoms with E-state index in [4.69, 9.17) is 21.4 Å². The third-order valence-electron chi connectivity index (χ3n) is 3.40. The molecule has 2 aromatic rings. The third kappa shape index (κ3) is 5.58. The summed E-state index contributed by atoms with van der Waals surface area (Å²) in [5.41, 5.74) is 1.98. The van der Waals surface area contributed by atoms with Crippen LogP contribution >= 0.6 is 11.6 Å². The van der Waals surface area contributed by atoms with Crippen molar-refractivity contribution in [3.05, 3.63) is 64.7 Å². The van der Waals surface area contributed by atoms with Gasteiger partial charge in [0.25, 0.3) is 5.91 Å². The maximum atomic E-state index is 12.0. The van der Waals surface area contributed by atoms with Gasteiger partial charge in [-0.15, -0.1) is 0 Å². The Bertz CT molecular complexity index is 643. The smallest absolute Gasteiger partial charge is 0.260 e. The van der Waals surface area contributed by atoms with Crippen LogP contribution in [-0.4, -0.2) is 23.7 Å². The highest BCUT2D eigenvalue weighted by atomic mass is 35.5. The van der Waals surface area contributed by atoms with Crippen molar-refractivity contribution >= 4 is 17.5 Å². The Morgan fingerprint density at radius 1 is 1.22 bits per heavy atom. The number of halogens is 1. The van der Waals surface area contributed by atoms with Crippen LogP contribution in [0.5, 0.6) is 5.75 Å². The summed E-state index contributed by atoms with van der Waals surface area (Å²) in [5, 5.41) is 12.4. The van der Waals surface area contributed by atoms with E-state index < -0.39 is 6.10 Å². The van der Waals surface area contributed by atoms with Gasteiger partial charge in [0.2, 0.25) is 0 Å². The fraction of sp³-hybridized carbons (Fsp3) is 0.278. The van der Waals surface area contributed by atoms with Crippen LogP contribution in [0.4, 0.5) is 0 Å². The number of nitrogens with one attached hydrogen (secondary N) is 1. The maximum Gasteiger partial charge on any atom is 0.260 e. The average molecular weight is 334 g/mol. The summed E-state index contributed by atoms with van der Waals surface area (Å²) in [7, 11) is 0.